The highest BCUT2D eigenvalue weighted by atomic mass is 16.1. The molecule has 0 aliphatic carbocycles. The number of hydrogen-bond acceptors (Lipinski definition) is 2. The van der Waals surface area contributed by atoms with Crippen molar-refractivity contribution < 1.29 is 4.79 Å². The van der Waals surface area contributed by atoms with Crippen LogP contribution in [-0.2, 0) is 4.79 Å². The molecule has 3 nitrogen and oxygen atoms in total. The summed E-state index contributed by atoms with van der Waals surface area (Å²) in [4.78, 5) is 11.8. The molecule has 0 aromatic heterocycles. The van der Waals surface area contributed by atoms with E-state index in [1.807, 2.05) is 19.1 Å². The van der Waals surface area contributed by atoms with Crippen LogP contribution in [0.3, 0.4) is 0 Å². The van der Waals surface area contributed by atoms with Crippen molar-refractivity contribution in [2.75, 3.05) is 11.9 Å². The van der Waals surface area contributed by atoms with Gasteiger partial charge < -0.3 is 10.6 Å². The fraction of sp³-hybridized carbons (Fsp3) is 0.533. The van der Waals surface area contributed by atoms with Crippen molar-refractivity contribution in [3.8, 4) is 0 Å². The Bertz CT molecular complexity index is 399. The van der Waals surface area contributed by atoms with Gasteiger partial charge in [-0.3, -0.25) is 4.79 Å². The fourth-order valence-corrected chi connectivity index (χ4v) is 1.81. The van der Waals surface area contributed by atoms with E-state index in [1.165, 1.54) is 5.56 Å². The largest absolute Gasteiger partial charge is 0.326 e. The first-order valence-electron chi connectivity index (χ1n) is 6.59. The molecule has 100 valence electrons. The summed E-state index contributed by atoms with van der Waals surface area (Å²) < 4.78 is 0. The van der Waals surface area contributed by atoms with Crippen LogP contribution in [0.4, 0.5) is 5.69 Å². The highest BCUT2D eigenvalue weighted by Gasteiger charge is 2.04. The lowest BCUT2D eigenvalue weighted by Crippen LogP contribution is -2.24. The van der Waals surface area contributed by atoms with Crippen LogP contribution in [0.1, 0.15) is 37.8 Å². The minimum atomic E-state index is 0.0903. The van der Waals surface area contributed by atoms with Crippen LogP contribution in [0.25, 0.3) is 0 Å². The van der Waals surface area contributed by atoms with Gasteiger partial charge in [0, 0.05) is 18.2 Å². The molecule has 0 spiro atoms. The molecule has 2 N–H and O–H groups in total. The van der Waals surface area contributed by atoms with Gasteiger partial charge in [0.2, 0.25) is 5.91 Å². The van der Waals surface area contributed by atoms with Crippen LogP contribution < -0.4 is 10.6 Å². The van der Waals surface area contributed by atoms with Crippen molar-refractivity contribution >= 4 is 11.6 Å². The van der Waals surface area contributed by atoms with Gasteiger partial charge in [-0.15, -0.1) is 0 Å². The van der Waals surface area contributed by atoms with E-state index in [0.29, 0.717) is 12.5 Å². The van der Waals surface area contributed by atoms with Crippen molar-refractivity contribution in [3.63, 3.8) is 0 Å². The summed E-state index contributed by atoms with van der Waals surface area (Å²) in [6.45, 7) is 9.17. The van der Waals surface area contributed by atoms with E-state index in [-0.39, 0.29) is 5.91 Å². The third-order valence-electron chi connectivity index (χ3n) is 2.79. The van der Waals surface area contributed by atoms with Crippen LogP contribution in [0.5, 0.6) is 0 Å². The predicted octanol–water partition coefficient (Wildman–Crippen LogP) is 3.02. The minimum absolute atomic E-state index is 0.0903. The zero-order valence-electron chi connectivity index (χ0n) is 11.8. The maximum Gasteiger partial charge on any atom is 0.224 e. The maximum atomic E-state index is 11.8. The van der Waals surface area contributed by atoms with Crippen molar-refractivity contribution in [2.24, 2.45) is 0 Å². The Hall–Kier alpha value is -1.35. The third kappa shape index (κ3) is 5.32. The highest BCUT2D eigenvalue weighted by Crippen LogP contribution is 2.16. The number of carbonyl (C=O) groups excluding carboxylic acids is 1. The number of nitrogens with one attached hydrogen (secondary N) is 2. The summed E-state index contributed by atoms with van der Waals surface area (Å²) in [5.41, 5.74) is 3.25. The first-order valence-corrected chi connectivity index (χ1v) is 6.59. The topological polar surface area (TPSA) is 41.1 Å². The van der Waals surface area contributed by atoms with Crippen molar-refractivity contribution in [1.82, 2.24) is 5.32 Å². The SMILES string of the molecule is Cc1ccc(NC(=O)CCCNC(C)C)c(C)c1. The molecule has 0 saturated carbocycles. The van der Waals surface area contributed by atoms with E-state index in [2.05, 4.69) is 37.5 Å². The van der Waals surface area contributed by atoms with E-state index in [4.69, 9.17) is 0 Å². The van der Waals surface area contributed by atoms with Gasteiger partial charge in [0.15, 0.2) is 0 Å². The Balaban J connectivity index is 2.35. The molecule has 0 atom stereocenters. The van der Waals surface area contributed by atoms with Gasteiger partial charge in [0.05, 0.1) is 0 Å². The molecular weight excluding hydrogens is 224 g/mol. The molecule has 0 heterocycles. The number of anilines is 1. The molecule has 0 radical (unpaired) electrons. The van der Waals surface area contributed by atoms with Crippen LogP contribution in [0.2, 0.25) is 0 Å². The van der Waals surface area contributed by atoms with Crippen LogP contribution in [-0.4, -0.2) is 18.5 Å². The summed E-state index contributed by atoms with van der Waals surface area (Å²) in [7, 11) is 0. The average molecular weight is 248 g/mol. The highest BCUT2D eigenvalue weighted by molar-refractivity contribution is 5.91. The number of aryl methyl sites for hydroxylation is 2. The van der Waals surface area contributed by atoms with Gasteiger partial charge in [0.1, 0.15) is 0 Å². The summed E-state index contributed by atoms with van der Waals surface area (Å²) in [5.74, 6) is 0.0903. The zero-order valence-corrected chi connectivity index (χ0v) is 11.8. The summed E-state index contributed by atoms with van der Waals surface area (Å²) in [5, 5.41) is 6.26. The first kappa shape index (κ1) is 14.7. The van der Waals surface area contributed by atoms with Gasteiger partial charge in [-0.1, -0.05) is 31.5 Å². The second-order valence-corrected chi connectivity index (χ2v) is 5.08. The summed E-state index contributed by atoms with van der Waals surface area (Å²) in [6, 6.07) is 6.54. The fourth-order valence-electron chi connectivity index (χ4n) is 1.81. The molecule has 0 aliphatic heterocycles. The predicted molar refractivity (Wildman–Crippen MR) is 76.9 cm³/mol. The molecule has 3 heteroatoms. The van der Waals surface area contributed by atoms with E-state index in [1.54, 1.807) is 0 Å². The van der Waals surface area contributed by atoms with Gasteiger partial charge in [0.25, 0.3) is 0 Å². The normalized spacial score (nSPS) is 10.7. The lowest BCUT2D eigenvalue weighted by Gasteiger charge is -2.10. The Morgan fingerprint density at radius 2 is 2.00 bits per heavy atom. The second kappa shape index (κ2) is 7.17. The van der Waals surface area contributed by atoms with E-state index in [0.717, 1.165) is 24.2 Å². The maximum absolute atomic E-state index is 11.8. The third-order valence-corrected chi connectivity index (χ3v) is 2.79. The quantitative estimate of drug-likeness (QED) is 0.760. The zero-order chi connectivity index (χ0) is 13.5. The molecule has 0 aliphatic rings. The molecule has 18 heavy (non-hydrogen) atoms. The summed E-state index contributed by atoms with van der Waals surface area (Å²) >= 11 is 0. The number of benzene rings is 1. The average Bonchev–Trinajstić information content (AvgIpc) is 2.28. The Labute approximate surface area is 110 Å². The molecule has 0 fully saturated rings. The van der Waals surface area contributed by atoms with E-state index < -0.39 is 0 Å². The molecule has 0 saturated heterocycles. The lowest BCUT2D eigenvalue weighted by atomic mass is 10.1. The van der Waals surface area contributed by atoms with Gasteiger partial charge in [-0.2, -0.15) is 0 Å². The molecule has 0 bridgehead atoms. The van der Waals surface area contributed by atoms with Crippen molar-refractivity contribution in [3.05, 3.63) is 29.3 Å². The Morgan fingerprint density at radius 1 is 1.28 bits per heavy atom. The van der Waals surface area contributed by atoms with Gasteiger partial charge in [-0.25, -0.2) is 0 Å². The Morgan fingerprint density at radius 3 is 2.61 bits per heavy atom. The van der Waals surface area contributed by atoms with E-state index in [9.17, 15) is 4.79 Å². The van der Waals surface area contributed by atoms with E-state index >= 15 is 0 Å². The Kier molecular flexibility index (Phi) is 5.86. The minimum Gasteiger partial charge on any atom is -0.326 e. The monoisotopic (exact) mass is 248 g/mol. The molecule has 1 aromatic carbocycles. The molecular formula is C15H24N2O. The molecule has 1 rings (SSSR count). The molecule has 1 aromatic rings. The molecule has 1 amide bonds. The number of amides is 1. The summed E-state index contributed by atoms with van der Waals surface area (Å²) in [6.07, 6.45) is 1.43. The van der Waals surface area contributed by atoms with Crippen molar-refractivity contribution in [2.45, 2.75) is 46.6 Å². The van der Waals surface area contributed by atoms with Crippen molar-refractivity contribution in [1.29, 1.82) is 0 Å². The standard InChI is InChI=1S/C15H24N2O/c1-11(2)16-9-5-6-15(18)17-14-8-7-12(3)10-13(14)4/h7-8,10-11,16H,5-6,9H2,1-4H3,(H,17,18). The van der Waals surface area contributed by atoms with Crippen LogP contribution in [0.15, 0.2) is 18.2 Å². The number of carbonyl (C=O) groups is 1. The van der Waals surface area contributed by atoms with Crippen LogP contribution >= 0.6 is 0 Å². The lowest BCUT2D eigenvalue weighted by molar-refractivity contribution is -0.116. The number of rotatable bonds is 6. The number of hydrogen-bond donors (Lipinski definition) is 2. The van der Waals surface area contributed by atoms with Gasteiger partial charge >= 0.3 is 0 Å². The second-order valence-electron chi connectivity index (χ2n) is 5.08. The van der Waals surface area contributed by atoms with Crippen LogP contribution in [0, 0.1) is 13.8 Å². The molecule has 0 unspecified atom stereocenters. The van der Waals surface area contributed by atoms with Gasteiger partial charge in [-0.05, 0) is 38.4 Å². The smallest absolute Gasteiger partial charge is 0.224 e. The first-order chi connectivity index (χ1) is 8.49.